The van der Waals surface area contributed by atoms with Gasteiger partial charge < -0.3 is 14.4 Å². The van der Waals surface area contributed by atoms with E-state index >= 15 is 0 Å². The van der Waals surface area contributed by atoms with E-state index < -0.39 is 0 Å². The van der Waals surface area contributed by atoms with Crippen LogP contribution in [0.1, 0.15) is 11.3 Å². The molecule has 0 N–H and O–H groups in total. The van der Waals surface area contributed by atoms with E-state index in [-0.39, 0.29) is 5.91 Å². The lowest BCUT2D eigenvalue weighted by molar-refractivity contribution is -0.127. The van der Waals surface area contributed by atoms with Crippen LogP contribution in [0.2, 0.25) is 0 Å². The molecular weight excluding hydrogens is 282 g/mol. The Morgan fingerprint density at radius 2 is 2.26 bits per heavy atom. The van der Waals surface area contributed by atoms with Crippen LogP contribution in [0.5, 0.6) is 11.5 Å². The number of fused-ring (bicyclic) bond motifs is 1. The van der Waals surface area contributed by atoms with E-state index in [0.29, 0.717) is 25.6 Å². The molecule has 1 aromatic heterocycles. The molecule has 1 fully saturated rings. The van der Waals surface area contributed by atoms with Crippen molar-refractivity contribution in [2.24, 2.45) is 5.92 Å². The van der Waals surface area contributed by atoms with Crippen molar-refractivity contribution in [1.29, 1.82) is 0 Å². The summed E-state index contributed by atoms with van der Waals surface area (Å²) in [5, 5.41) is 1.99. The van der Waals surface area contributed by atoms with Gasteiger partial charge in [0.15, 0.2) is 11.5 Å². The summed E-state index contributed by atoms with van der Waals surface area (Å²) in [6.07, 6.45) is 1.49. The molecule has 0 aromatic carbocycles. The lowest BCUT2D eigenvalue weighted by atomic mass is 10.1. The Balaban J connectivity index is 1.61. The third kappa shape index (κ3) is 2.69. The Labute approximate surface area is 122 Å². The molecule has 1 amide bonds. The van der Waals surface area contributed by atoms with Crippen molar-refractivity contribution in [3.05, 3.63) is 10.3 Å². The number of hydrogen-bond donors (Lipinski definition) is 1. The predicted molar refractivity (Wildman–Crippen MR) is 77.6 cm³/mol. The van der Waals surface area contributed by atoms with Crippen LogP contribution in [-0.2, 0) is 11.2 Å². The van der Waals surface area contributed by atoms with Crippen molar-refractivity contribution < 1.29 is 14.3 Å². The van der Waals surface area contributed by atoms with Crippen LogP contribution in [0.3, 0.4) is 0 Å². The molecule has 1 aromatic rings. The highest BCUT2D eigenvalue weighted by Gasteiger charge is 2.28. The third-order valence-electron chi connectivity index (χ3n) is 3.53. The Morgan fingerprint density at radius 1 is 1.42 bits per heavy atom. The number of nitrogens with zero attached hydrogens (tertiary/aromatic N) is 1. The van der Waals surface area contributed by atoms with E-state index in [0.717, 1.165) is 36.8 Å². The quantitative estimate of drug-likeness (QED) is 0.862. The van der Waals surface area contributed by atoms with Crippen molar-refractivity contribution in [1.82, 2.24) is 4.90 Å². The van der Waals surface area contributed by atoms with Gasteiger partial charge in [0, 0.05) is 31.3 Å². The summed E-state index contributed by atoms with van der Waals surface area (Å²) in [6, 6.07) is 0. The maximum atomic E-state index is 11.8. The molecule has 1 atom stereocenters. The number of thiol groups is 1. The van der Waals surface area contributed by atoms with Gasteiger partial charge in [-0.1, -0.05) is 0 Å². The second-order valence-corrected chi connectivity index (χ2v) is 6.22. The Bertz CT molecular complexity index is 474. The summed E-state index contributed by atoms with van der Waals surface area (Å²) >= 11 is 5.93. The Morgan fingerprint density at radius 3 is 3.05 bits per heavy atom. The molecule has 19 heavy (non-hydrogen) atoms. The first-order valence-electron chi connectivity index (χ1n) is 6.52. The molecule has 0 radical (unpaired) electrons. The second-order valence-electron chi connectivity index (χ2n) is 4.89. The minimum Gasteiger partial charge on any atom is -0.485 e. The van der Waals surface area contributed by atoms with Gasteiger partial charge >= 0.3 is 0 Å². The number of rotatable bonds is 4. The molecule has 2 aliphatic heterocycles. The summed E-state index contributed by atoms with van der Waals surface area (Å²) in [5.41, 5.74) is 0. The zero-order valence-corrected chi connectivity index (χ0v) is 12.3. The molecular formula is C13H17NO3S2. The van der Waals surface area contributed by atoms with E-state index in [9.17, 15) is 4.79 Å². The van der Waals surface area contributed by atoms with E-state index in [1.54, 1.807) is 11.3 Å². The zero-order valence-electron chi connectivity index (χ0n) is 10.6. The smallest absolute Gasteiger partial charge is 0.222 e. The van der Waals surface area contributed by atoms with Gasteiger partial charge in [-0.05, 0) is 11.7 Å². The lowest BCUT2D eigenvalue weighted by Crippen LogP contribution is -2.27. The normalized spacial score (nSPS) is 22.1. The largest absolute Gasteiger partial charge is 0.485 e. The van der Waals surface area contributed by atoms with E-state index in [1.807, 2.05) is 10.3 Å². The Hall–Kier alpha value is -0.880. The average molecular weight is 299 g/mol. The molecule has 1 saturated heterocycles. The van der Waals surface area contributed by atoms with Gasteiger partial charge in [-0.25, -0.2) is 0 Å². The summed E-state index contributed by atoms with van der Waals surface area (Å²) in [7, 11) is 0. The highest BCUT2D eigenvalue weighted by molar-refractivity contribution is 7.80. The number of carbonyl (C=O) groups excluding carboxylic acids is 1. The molecule has 1 unspecified atom stereocenters. The molecule has 0 spiro atoms. The summed E-state index contributed by atoms with van der Waals surface area (Å²) in [6.45, 7) is 2.84. The first-order valence-corrected chi connectivity index (χ1v) is 8.03. The van der Waals surface area contributed by atoms with Crippen molar-refractivity contribution in [2.75, 3.05) is 32.1 Å². The predicted octanol–water partition coefficient (Wildman–Crippen LogP) is 1.84. The second kappa shape index (κ2) is 5.63. The number of hydrogen-bond acceptors (Lipinski definition) is 5. The maximum absolute atomic E-state index is 11.8. The fraction of sp³-hybridized carbons (Fsp3) is 0.615. The number of carbonyl (C=O) groups is 1. The summed E-state index contributed by atoms with van der Waals surface area (Å²) in [5.74, 6) is 3.18. The molecule has 0 bridgehead atoms. The zero-order chi connectivity index (χ0) is 13.2. The molecule has 4 nitrogen and oxygen atoms in total. The number of amides is 1. The van der Waals surface area contributed by atoms with Crippen LogP contribution >= 0.6 is 24.0 Å². The molecule has 3 heterocycles. The SMILES string of the molecule is O=C1CC(CS)CN1CCc1scc2c1OCCO2. The minimum absolute atomic E-state index is 0.252. The highest BCUT2D eigenvalue weighted by atomic mass is 32.1. The van der Waals surface area contributed by atoms with Gasteiger partial charge in [0.2, 0.25) is 5.91 Å². The molecule has 2 aliphatic rings. The molecule has 3 rings (SSSR count). The van der Waals surface area contributed by atoms with Crippen LogP contribution < -0.4 is 9.47 Å². The standard InChI is InChI=1S/C13H17NO3S2/c15-12-5-9(7-18)6-14(12)2-1-11-13-10(8-19-11)16-3-4-17-13/h8-9,18H,1-7H2. The van der Waals surface area contributed by atoms with Crippen LogP contribution in [0.25, 0.3) is 0 Å². The van der Waals surface area contributed by atoms with Crippen molar-refractivity contribution in [2.45, 2.75) is 12.8 Å². The van der Waals surface area contributed by atoms with Crippen LogP contribution in [0.4, 0.5) is 0 Å². The molecule has 104 valence electrons. The van der Waals surface area contributed by atoms with Crippen LogP contribution in [0.15, 0.2) is 5.38 Å². The molecule has 0 aliphatic carbocycles. The van der Waals surface area contributed by atoms with Gasteiger partial charge in [0.25, 0.3) is 0 Å². The Kier molecular flexibility index (Phi) is 3.88. The van der Waals surface area contributed by atoms with E-state index in [2.05, 4.69) is 12.6 Å². The van der Waals surface area contributed by atoms with Gasteiger partial charge in [-0.15, -0.1) is 11.3 Å². The third-order valence-corrected chi connectivity index (χ3v) is 5.06. The first kappa shape index (κ1) is 13.1. The summed E-state index contributed by atoms with van der Waals surface area (Å²) in [4.78, 5) is 15.0. The lowest BCUT2D eigenvalue weighted by Gasteiger charge is -2.18. The summed E-state index contributed by atoms with van der Waals surface area (Å²) < 4.78 is 11.2. The fourth-order valence-corrected chi connectivity index (χ4v) is 3.66. The van der Waals surface area contributed by atoms with Gasteiger partial charge in [-0.2, -0.15) is 12.6 Å². The first-order chi connectivity index (χ1) is 9.28. The van der Waals surface area contributed by atoms with Gasteiger partial charge in [-0.3, -0.25) is 4.79 Å². The van der Waals surface area contributed by atoms with Crippen molar-refractivity contribution in [3.8, 4) is 11.5 Å². The molecule has 0 saturated carbocycles. The van der Waals surface area contributed by atoms with E-state index in [4.69, 9.17) is 9.47 Å². The number of ether oxygens (including phenoxy) is 2. The number of thiophene rings is 1. The number of likely N-dealkylation sites (tertiary alicyclic amines) is 1. The van der Waals surface area contributed by atoms with Crippen molar-refractivity contribution >= 4 is 29.9 Å². The van der Waals surface area contributed by atoms with Crippen LogP contribution in [0, 0.1) is 5.92 Å². The van der Waals surface area contributed by atoms with E-state index in [1.165, 1.54) is 4.88 Å². The maximum Gasteiger partial charge on any atom is 0.222 e. The topological polar surface area (TPSA) is 38.8 Å². The fourth-order valence-electron chi connectivity index (χ4n) is 2.52. The van der Waals surface area contributed by atoms with Gasteiger partial charge in [0.05, 0.1) is 4.88 Å². The average Bonchev–Trinajstić information content (AvgIpc) is 3.00. The minimum atomic E-state index is 0.252. The molecule has 6 heteroatoms. The van der Waals surface area contributed by atoms with Crippen LogP contribution in [-0.4, -0.2) is 42.9 Å². The highest BCUT2D eigenvalue weighted by Crippen LogP contribution is 2.39. The van der Waals surface area contributed by atoms with Crippen molar-refractivity contribution in [3.63, 3.8) is 0 Å². The monoisotopic (exact) mass is 299 g/mol. The van der Waals surface area contributed by atoms with Gasteiger partial charge in [0.1, 0.15) is 13.2 Å².